The van der Waals surface area contributed by atoms with Crippen molar-refractivity contribution in [3.05, 3.63) is 41.5 Å². The summed E-state index contributed by atoms with van der Waals surface area (Å²) < 4.78 is 5.17. The second kappa shape index (κ2) is 10.8. The second-order valence-electron chi connectivity index (χ2n) is 7.05. The van der Waals surface area contributed by atoms with E-state index < -0.39 is 6.04 Å². The lowest BCUT2D eigenvalue weighted by Gasteiger charge is -2.28. The number of nitrogens with zero attached hydrogens (tertiary/aromatic N) is 1. The third kappa shape index (κ3) is 6.42. The molecular formula is C22H32N2O3. The monoisotopic (exact) mass is 372 g/mol. The zero-order chi connectivity index (χ0) is 19.6. The number of ether oxygens (including phenoxy) is 1. The van der Waals surface area contributed by atoms with Crippen molar-refractivity contribution < 1.29 is 14.3 Å². The number of rotatable bonds is 9. The Hall–Kier alpha value is -2.30. The quantitative estimate of drug-likeness (QED) is 0.670. The van der Waals surface area contributed by atoms with Crippen molar-refractivity contribution in [1.29, 1.82) is 0 Å². The van der Waals surface area contributed by atoms with Gasteiger partial charge in [0.15, 0.2) is 0 Å². The molecule has 148 valence electrons. The highest BCUT2D eigenvalue weighted by atomic mass is 16.5. The minimum absolute atomic E-state index is 0.0246. The van der Waals surface area contributed by atoms with Crippen molar-refractivity contribution in [1.82, 2.24) is 10.2 Å². The van der Waals surface area contributed by atoms with Crippen molar-refractivity contribution in [2.24, 2.45) is 0 Å². The molecule has 5 nitrogen and oxygen atoms in total. The van der Waals surface area contributed by atoms with Crippen molar-refractivity contribution in [2.75, 3.05) is 13.7 Å². The molecule has 0 bridgehead atoms. The lowest BCUT2D eigenvalue weighted by atomic mass is 9.97. The van der Waals surface area contributed by atoms with Gasteiger partial charge in [0.25, 0.3) is 0 Å². The number of hydrogen-bond acceptors (Lipinski definition) is 3. The number of benzene rings is 1. The van der Waals surface area contributed by atoms with Gasteiger partial charge >= 0.3 is 0 Å². The molecule has 2 rings (SSSR count). The molecule has 0 fully saturated rings. The van der Waals surface area contributed by atoms with Crippen LogP contribution in [-0.4, -0.2) is 36.4 Å². The number of nitrogens with one attached hydrogen (secondary N) is 1. The Morgan fingerprint density at radius 2 is 1.96 bits per heavy atom. The largest absolute Gasteiger partial charge is 0.497 e. The predicted molar refractivity (Wildman–Crippen MR) is 107 cm³/mol. The number of methoxy groups -OCH3 is 1. The first-order chi connectivity index (χ1) is 13.0. The van der Waals surface area contributed by atoms with Crippen molar-refractivity contribution in [2.45, 2.75) is 65.0 Å². The van der Waals surface area contributed by atoms with Gasteiger partial charge in [-0.3, -0.25) is 9.59 Å². The fourth-order valence-electron chi connectivity index (χ4n) is 3.34. The Kier molecular flexibility index (Phi) is 8.37. The summed E-state index contributed by atoms with van der Waals surface area (Å²) >= 11 is 0. The highest BCUT2D eigenvalue weighted by Crippen LogP contribution is 2.19. The van der Waals surface area contributed by atoms with Crippen molar-refractivity contribution >= 4 is 11.8 Å². The van der Waals surface area contributed by atoms with E-state index in [-0.39, 0.29) is 11.8 Å². The summed E-state index contributed by atoms with van der Waals surface area (Å²) in [6.07, 6.45) is 8.39. The number of carbonyl (C=O) groups excluding carboxylic acids is 2. The molecular weight excluding hydrogens is 340 g/mol. The first kappa shape index (κ1) is 21.0. The molecule has 1 aromatic rings. The highest BCUT2D eigenvalue weighted by molar-refractivity contribution is 5.87. The summed E-state index contributed by atoms with van der Waals surface area (Å²) in [5.74, 6) is 0.653. The highest BCUT2D eigenvalue weighted by Gasteiger charge is 2.25. The molecule has 0 saturated carbocycles. The summed E-state index contributed by atoms with van der Waals surface area (Å²) in [4.78, 5) is 26.7. The summed E-state index contributed by atoms with van der Waals surface area (Å²) in [6, 6.07) is 7.09. The standard InChI is InChI=1S/C22H32N2O3/c1-4-21(25)24(16-19-10-12-20(27-3)13-11-19)17(2)22(26)23-15-14-18-8-6-5-7-9-18/h8,10-13,17H,4-7,9,14-16H2,1-3H3,(H,23,26). The van der Waals surface area contributed by atoms with E-state index in [0.717, 1.165) is 30.6 Å². The van der Waals surface area contributed by atoms with Crippen LogP contribution in [0.25, 0.3) is 0 Å². The van der Waals surface area contributed by atoms with Crippen molar-refractivity contribution in [3.63, 3.8) is 0 Å². The number of hydrogen-bond donors (Lipinski definition) is 1. The van der Waals surface area contributed by atoms with Crippen LogP contribution in [0.15, 0.2) is 35.9 Å². The second-order valence-corrected chi connectivity index (χ2v) is 7.05. The van der Waals surface area contributed by atoms with Gasteiger partial charge in [0.2, 0.25) is 11.8 Å². The molecule has 0 aliphatic heterocycles. The average Bonchev–Trinajstić information content (AvgIpc) is 2.72. The van der Waals surface area contributed by atoms with Crippen molar-refractivity contribution in [3.8, 4) is 5.75 Å². The van der Waals surface area contributed by atoms with E-state index >= 15 is 0 Å². The van der Waals surface area contributed by atoms with Gasteiger partial charge in [0.1, 0.15) is 11.8 Å². The van der Waals surface area contributed by atoms with Crippen LogP contribution < -0.4 is 10.1 Å². The lowest BCUT2D eigenvalue weighted by Crippen LogP contribution is -2.47. The van der Waals surface area contributed by atoms with E-state index in [9.17, 15) is 9.59 Å². The summed E-state index contributed by atoms with van der Waals surface area (Å²) in [7, 11) is 1.62. The van der Waals surface area contributed by atoms with Crippen LogP contribution in [0.5, 0.6) is 5.75 Å². The fraction of sp³-hybridized carbons (Fsp3) is 0.545. The van der Waals surface area contributed by atoms with Gasteiger partial charge in [-0.25, -0.2) is 0 Å². The van der Waals surface area contributed by atoms with Crippen LogP contribution in [0.4, 0.5) is 0 Å². The molecule has 0 heterocycles. The van der Waals surface area contributed by atoms with Gasteiger partial charge in [-0.1, -0.05) is 30.7 Å². The predicted octanol–water partition coefficient (Wildman–Crippen LogP) is 3.83. The summed E-state index contributed by atoms with van der Waals surface area (Å²) in [5.41, 5.74) is 2.42. The fourth-order valence-corrected chi connectivity index (χ4v) is 3.34. The van der Waals surface area contributed by atoms with Crippen LogP contribution in [0, 0.1) is 0 Å². The molecule has 0 aromatic heterocycles. The van der Waals surface area contributed by atoms with Gasteiger partial charge in [0.05, 0.1) is 7.11 Å². The van der Waals surface area contributed by atoms with Crippen LogP contribution in [-0.2, 0) is 16.1 Å². The molecule has 5 heteroatoms. The topological polar surface area (TPSA) is 58.6 Å². The molecule has 1 N–H and O–H groups in total. The zero-order valence-corrected chi connectivity index (χ0v) is 16.8. The molecule has 0 saturated heterocycles. The average molecular weight is 373 g/mol. The Labute approximate surface area is 162 Å². The van der Waals surface area contributed by atoms with Crippen LogP contribution in [0.3, 0.4) is 0 Å². The van der Waals surface area contributed by atoms with Gasteiger partial charge in [0, 0.05) is 19.5 Å². The molecule has 1 aliphatic rings. The molecule has 2 amide bonds. The van der Waals surface area contributed by atoms with Crippen LogP contribution in [0.1, 0.15) is 57.9 Å². The molecule has 0 spiro atoms. The van der Waals surface area contributed by atoms with E-state index in [1.807, 2.05) is 31.2 Å². The first-order valence-electron chi connectivity index (χ1n) is 9.93. The Balaban J connectivity index is 1.93. The van der Waals surface area contributed by atoms with Gasteiger partial charge in [-0.15, -0.1) is 0 Å². The maximum Gasteiger partial charge on any atom is 0.242 e. The van der Waals surface area contributed by atoms with Crippen LogP contribution in [0.2, 0.25) is 0 Å². The normalized spacial score (nSPS) is 14.9. The first-order valence-corrected chi connectivity index (χ1v) is 9.93. The summed E-state index contributed by atoms with van der Waals surface area (Å²) in [6.45, 7) is 4.66. The minimum Gasteiger partial charge on any atom is -0.497 e. The van der Waals surface area contributed by atoms with E-state index in [1.54, 1.807) is 18.9 Å². The number of carbonyl (C=O) groups is 2. The number of allylic oxidation sites excluding steroid dienone is 1. The van der Waals surface area contributed by atoms with E-state index in [1.165, 1.54) is 18.4 Å². The molecule has 1 aliphatic carbocycles. The smallest absolute Gasteiger partial charge is 0.242 e. The molecule has 1 atom stereocenters. The Morgan fingerprint density at radius 3 is 2.56 bits per heavy atom. The SMILES string of the molecule is CCC(=O)N(Cc1ccc(OC)cc1)C(C)C(=O)NCCC1=CCCCC1. The summed E-state index contributed by atoms with van der Waals surface area (Å²) in [5, 5.41) is 3.00. The maximum atomic E-state index is 12.6. The van der Waals surface area contributed by atoms with E-state index in [0.29, 0.717) is 19.5 Å². The minimum atomic E-state index is -0.500. The van der Waals surface area contributed by atoms with Gasteiger partial charge < -0.3 is 15.0 Å². The van der Waals surface area contributed by atoms with Crippen LogP contribution >= 0.6 is 0 Å². The maximum absolute atomic E-state index is 12.6. The molecule has 1 unspecified atom stereocenters. The third-order valence-electron chi connectivity index (χ3n) is 5.11. The Bertz CT molecular complexity index is 652. The molecule has 27 heavy (non-hydrogen) atoms. The Morgan fingerprint density at radius 1 is 1.22 bits per heavy atom. The molecule has 0 radical (unpaired) electrons. The van der Waals surface area contributed by atoms with E-state index in [4.69, 9.17) is 4.74 Å². The zero-order valence-electron chi connectivity index (χ0n) is 16.8. The van der Waals surface area contributed by atoms with Gasteiger partial charge in [-0.05, 0) is 56.7 Å². The molecule has 1 aromatic carbocycles. The lowest BCUT2D eigenvalue weighted by molar-refractivity contribution is -0.140. The van der Waals surface area contributed by atoms with Gasteiger partial charge in [-0.2, -0.15) is 0 Å². The third-order valence-corrected chi connectivity index (χ3v) is 5.11. The number of amides is 2. The van der Waals surface area contributed by atoms with E-state index in [2.05, 4.69) is 11.4 Å².